The van der Waals surface area contributed by atoms with Gasteiger partial charge in [-0.05, 0) is 31.4 Å². The molecule has 4 nitrogen and oxygen atoms in total. The van der Waals surface area contributed by atoms with Crippen LogP contribution in [0.5, 0.6) is 0 Å². The monoisotopic (exact) mass is 338 g/mol. The summed E-state index contributed by atoms with van der Waals surface area (Å²) in [6, 6.07) is 8.09. The lowest BCUT2D eigenvalue weighted by Crippen LogP contribution is -2.27. The molecule has 1 heterocycles. The van der Waals surface area contributed by atoms with Crippen molar-refractivity contribution in [3.05, 3.63) is 29.3 Å². The largest absolute Gasteiger partial charge is 0.356 e. The summed E-state index contributed by atoms with van der Waals surface area (Å²) < 4.78 is 12.4. The Morgan fingerprint density at radius 2 is 2.18 bits per heavy atom. The Bertz CT molecular complexity index is 621. The quantitative estimate of drug-likeness (QED) is 0.805. The minimum absolute atomic E-state index is 0.0650. The zero-order valence-electron chi connectivity index (χ0n) is 13.0. The minimum atomic E-state index is -0.821. The Labute approximate surface area is 137 Å². The number of hydrogen-bond donors (Lipinski definition) is 1. The molecule has 22 heavy (non-hydrogen) atoms. The number of thiazole rings is 1. The predicted octanol–water partition coefficient (Wildman–Crippen LogP) is 2.89. The van der Waals surface area contributed by atoms with Crippen LogP contribution in [0.2, 0.25) is 0 Å². The van der Waals surface area contributed by atoms with Gasteiger partial charge in [0, 0.05) is 35.3 Å². The maximum Gasteiger partial charge on any atom is 0.220 e. The zero-order valence-corrected chi connectivity index (χ0v) is 14.6. The molecule has 2 rings (SSSR count). The van der Waals surface area contributed by atoms with Crippen molar-refractivity contribution in [2.75, 3.05) is 12.8 Å². The summed E-state index contributed by atoms with van der Waals surface area (Å²) in [7, 11) is -0.821. The normalized spacial score (nSPS) is 13.9. The number of amides is 1. The van der Waals surface area contributed by atoms with E-state index < -0.39 is 10.8 Å². The summed E-state index contributed by atoms with van der Waals surface area (Å²) in [4.78, 5) is 16.3. The number of carbonyl (C=O) groups excluding carboxylic acids is 1. The van der Waals surface area contributed by atoms with Crippen LogP contribution in [0.25, 0.3) is 10.2 Å². The third-order valence-corrected chi connectivity index (χ3v) is 6.04. The second kappa shape index (κ2) is 8.39. The molecule has 0 aliphatic rings. The lowest BCUT2D eigenvalue weighted by Gasteiger charge is -2.09. The maximum atomic E-state index is 11.8. The van der Waals surface area contributed by atoms with E-state index >= 15 is 0 Å². The molecule has 0 spiro atoms. The Morgan fingerprint density at radius 1 is 1.41 bits per heavy atom. The molecule has 1 N–H and O–H groups in total. The molecule has 120 valence electrons. The highest BCUT2D eigenvalue weighted by Gasteiger charge is 2.08. The van der Waals surface area contributed by atoms with Crippen molar-refractivity contribution in [2.45, 2.75) is 37.9 Å². The molecule has 1 aromatic heterocycles. The number of para-hydroxylation sites is 1. The molecular formula is C16H22N2O2S2. The molecule has 0 fully saturated rings. The van der Waals surface area contributed by atoms with E-state index in [4.69, 9.17) is 0 Å². The van der Waals surface area contributed by atoms with Gasteiger partial charge in [0.15, 0.2) is 0 Å². The van der Waals surface area contributed by atoms with Gasteiger partial charge in [0.05, 0.1) is 15.2 Å². The summed E-state index contributed by atoms with van der Waals surface area (Å²) >= 11 is 1.70. The third kappa shape index (κ3) is 5.18. The Morgan fingerprint density at radius 3 is 2.91 bits per heavy atom. The van der Waals surface area contributed by atoms with Crippen LogP contribution in [-0.2, 0) is 22.0 Å². The average Bonchev–Trinajstić information content (AvgIpc) is 2.89. The number of hydrogen-bond acceptors (Lipinski definition) is 4. The number of rotatable bonds is 8. The highest BCUT2D eigenvalue weighted by molar-refractivity contribution is 7.84. The predicted molar refractivity (Wildman–Crippen MR) is 93.7 cm³/mol. The molecular weight excluding hydrogens is 316 g/mol. The second-order valence-corrected chi connectivity index (χ2v) is 8.29. The van der Waals surface area contributed by atoms with Crippen molar-refractivity contribution in [2.24, 2.45) is 0 Å². The molecule has 2 aromatic rings. The number of fused-ring (bicyclic) bond motifs is 1. The minimum Gasteiger partial charge on any atom is -0.356 e. The van der Waals surface area contributed by atoms with Gasteiger partial charge in [-0.1, -0.05) is 19.1 Å². The molecule has 0 aliphatic heterocycles. The first-order valence-corrected chi connectivity index (χ1v) is 9.93. The average molecular weight is 338 g/mol. The van der Waals surface area contributed by atoms with Crippen LogP contribution in [0.15, 0.2) is 24.3 Å². The fourth-order valence-electron chi connectivity index (χ4n) is 2.10. The maximum absolute atomic E-state index is 11.8. The van der Waals surface area contributed by atoms with Gasteiger partial charge in [0.25, 0.3) is 0 Å². The lowest BCUT2D eigenvalue weighted by atomic mass is 10.2. The second-order valence-electron chi connectivity index (χ2n) is 5.38. The van der Waals surface area contributed by atoms with Gasteiger partial charge in [-0.3, -0.25) is 9.00 Å². The molecule has 0 saturated heterocycles. The van der Waals surface area contributed by atoms with Crippen molar-refractivity contribution in [3.8, 4) is 0 Å². The van der Waals surface area contributed by atoms with Crippen LogP contribution in [0.3, 0.4) is 0 Å². The Kier molecular flexibility index (Phi) is 6.51. The van der Waals surface area contributed by atoms with Gasteiger partial charge in [-0.15, -0.1) is 11.3 Å². The SMILES string of the molecule is CC(CCNC(=O)CCCc1nc2ccccc2s1)S(C)=O. The number of aryl methyl sites for hydroxylation is 1. The number of nitrogens with one attached hydrogen (secondary N) is 1. The number of benzene rings is 1. The van der Waals surface area contributed by atoms with Crippen LogP contribution >= 0.6 is 11.3 Å². The molecule has 0 saturated carbocycles. The summed E-state index contributed by atoms with van der Waals surface area (Å²) in [5.41, 5.74) is 1.04. The Hall–Kier alpha value is -1.27. The van der Waals surface area contributed by atoms with Gasteiger partial charge in [0.2, 0.25) is 5.91 Å². The van der Waals surface area contributed by atoms with Crippen molar-refractivity contribution in [3.63, 3.8) is 0 Å². The van der Waals surface area contributed by atoms with Crippen LogP contribution in [0.4, 0.5) is 0 Å². The van der Waals surface area contributed by atoms with Gasteiger partial charge in [-0.25, -0.2) is 4.98 Å². The van der Waals surface area contributed by atoms with E-state index in [1.807, 2.05) is 25.1 Å². The zero-order chi connectivity index (χ0) is 15.9. The lowest BCUT2D eigenvalue weighted by molar-refractivity contribution is -0.121. The molecule has 2 atom stereocenters. The van der Waals surface area contributed by atoms with E-state index in [0.29, 0.717) is 13.0 Å². The van der Waals surface area contributed by atoms with Gasteiger partial charge >= 0.3 is 0 Å². The fraction of sp³-hybridized carbons (Fsp3) is 0.500. The first-order chi connectivity index (χ1) is 10.6. The first kappa shape index (κ1) is 17.1. The molecule has 6 heteroatoms. The fourth-order valence-corrected chi connectivity index (χ4v) is 3.56. The molecule has 0 bridgehead atoms. The van der Waals surface area contributed by atoms with Gasteiger partial charge < -0.3 is 5.32 Å². The topological polar surface area (TPSA) is 59.1 Å². The van der Waals surface area contributed by atoms with E-state index in [9.17, 15) is 9.00 Å². The van der Waals surface area contributed by atoms with Crippen molar-refractivity contribution in [1.29, 1.82) is 0 Å². The first-order valence-electron chi connectivity index (χ1n) is 7.49. The molecule has 0 radical (unpaired) electrons. The van der Waals surface area contributed by atoms with Crippen molar-refractivity contribution < 1.29 is 9.00 Å². The number of carbonyl (C=O) groups is 1. The highest BCUT2D eigenvalue weighted by Crippen LogP contribution is 2.22. The summed E-state index contributed by atoms with van der Waals surface area (Å²) in [6.45, 7) is 2.54. The van der Waals surface area contributed by atoms with Crippen molar-refractivity contribution in [1.82, 2.24) is 10.3 Å². The van der Waals surface area contributed by atoms with Gasteiger partial charge in [-0.2, -0.15) is 0 Å². The van der Waals surface area contributed by atoms with E-state index in [2.05, 4.69) is 16.4 Å². The molecule has 0 aliphatic carbocycles. The van der Waals surface area contributed by atoms with E-state index in [1.165, 1.54) is 4.70 Å². The number of aromatic nitrogens is 1. The third-order valence-electron chi connectivity index (χ3n) is 3.57. The summed E-state index contributed by atoms with van der Waals surface area (Å²) in [5.74, 6) is 0.0650. The van der Waals surface area contributed by atoms with Crippen molar-refractivity contribution >= 4 is 38.3 Å². The van der Waals surface area contributed by atoms with Crippen LogP contribution < -0.4 is 5.32 Å². The smallest absolute Gasteiger partial charge is 0.220 e. The van der Waals surface area contributed by atoms with Crippen LogP contribution in [0.1, 0.15) is 31.2 Å². The standard InChI is InChI=1S/C16H22N2O2S2/c1-12(22(2)20)10-11-17-15(19)8-5-9-16-18-13-6-3-4-7-14(13)21-16/h3-4,6-7,12H,5,8-11H2,1-2H3,(H,17,19). The van der Waals surface area contributed by atoms with Gasteiger partial charge in [0.1, 0.15) is 0 Å². The van der Waals surface area contributed by atoms with E-state index in [0.717, 1.165) is 29.8 Å². The molecule has 1 aromatic carbocycles. The van der Waals surface area contributed by atoms with Crippen LogP contribution in [-0.4, -0.2) is 33.2 Å². The highest BCUT2D eigenvalue weighted by atomic mass is 32.2. The molecule has 1 amide bonds. The summed E-state index contributed by atoms with van der Waals surface area (Å²) in [5, 5.41) is 4.11. The Balaban J connectivity index is 1.67. The summed E-state index contributed by atoms with van der Waals surface area (Å²) in [6.07, 6.45) is 4.61. The van der Waals surface area contributed by atoms with Crippen LogP contribution in [0, 0.1) is 0 Å². The van der Waals surface area contributed by atoms with E-state index in [-0.39, 0.29) is 11.2 Å². The molecule has 2 unspecified atom stereocenters. The number of nitrogens with zero attached hydrogens (tertiary/aromatic N) is 1. The van der Waals surface area contributed by atoms with E-state index in [1.54, 1.807) is 17.6 Å².